The molecule has 15 heavy (non-hydrogen) atoms. The molecule has 0 radical (unpaired) electrons. The van der Waals surface area contributed by atoms with Crippen LogP contribution in [0, 0.1) is 5.92 Å². The zero-order valence-electron chi connectivity index (χ0n) is 10.5. The Morgan fingerprint density at radius 1 is 1.40 bits per heavy atom. The molecule has 0 aromatic carbocycles. The Bertz CT molecular complexity index is 181. The molecule has 0 aromatic heterocycles. The number of hydrogen-bond donors (Lipinski definition) is 1. The van der Waals surface area contributed by atoms with Gasteiger partial charge < -0.3 is 15.0 Å². The smallest absolute Gasteiger partial charge is 0.236 e. The molecule has 0 saturated heterocycles. The lowest BCUT2D eigenvalue weighted by Crippen LogP contribution is -2.41. The fourth-order valence-electron chi connectivity index (χ4n) is 1.29. The predicted molar refractivity (Wildman–Crippen MR) is 61.8 cm³/mol. The summed E-state index contributed by atoms with van der Waals surface area (Å²) in [5, 5.41) is 3.26. The van der Waals surface area contributed by atoms with Crippen molar-refractivity contribution >= 4 is 5.91 Å². The first-order chi connectivity index (χ1) is 6.99. The summed E-state index contributed by atoms with van der Waals surface area (Å²) in [5.74, 6) is 0.619. The molecule has 1 amide bonds. The van der Waals surface area contributed by atoms with Crippen LogP contribution >= 0.6 is 0 Å². The summed E-state index contributed by atoms with van der Waals surface area (Å²) in [6, 6.07) is 0.342. The highest BCUT2D eigenvalue weighted by Crippen LogP contribution is 2.05. The summed E-state index contributed by atoms with van der Waals surface area (Å²) in [5.41, 5.74) is 0. The van der Waals surface area contributed by atoms with Crippen molar-refractivity contribution in [3.8, 4) is 0 Å². The number of ether oxygens (including phenoxy) is 1. The quantitative estimate of drug-likeness (QED) is 0.682. The van der Waals surface area contributed by atoms with Crippen LogP contribution in [0.2, 0.25) is 0 Å². The molecule has 0 rings (SSSR count). The lowest BCUT2D eigenvalue weighted by atomic mass is 10.0. The number of likely N-dealkylation sites (N-methyl/N-ethyl adjacent to an activating group) is 1. The van der Waals surface area contributed by atoms with Gasteiger partial charge in [-0.2, -0.15) is 0 Å². The van der Waals surface area contributed by atoms with E-state index in [-0.39, 0.29) is 5.91 Å². The van der Waals surface area contributed by atoms with E-state index >= 15 is 0 Å². The number of hydrogen-bond acceptors (Lipinski definition) is 3. The summed E-state index contributed by atoms with van der Waals surface area (Å²) >= 11 is 0. The average Bonchev–Trinajstić information content (AvgIpc) is 2.16. The maximum atomic E-state index is 11.4. The van der Waals surface area contributed by atoms with Gasteiger partial charge in [0.05, 0.1) is 6.54 Å². The van der Waals surface area contributed by atoms with Crippen molar-refractivity contribution in [1.82, 2.24) is 10.2 Å². The van der Waals surface area contributed by atoms with Crippen LogP contribution in [-0.2, 0) is 9.53 Å². The molecule has 90 valence electrons. The Kier molecular flexibility index (Phi) is 7.34. The van der Waals surface area contributed by atoms with Gasteiger partial charge in [-0.15, -0.1) is 0 Å². The molecule has 0 aliphatic rings. The van der Waals surface area contributed by atoms with Crippen molar-refractivity contribution in [2.45, 2.75) is 26.3 Å². The van der Waals surface area contributed by atoms with Crippen LogP contribution in [0.5, 0.6) is 0 Å². The highest BCUT2D eigenvalue weighted by atomic mass is 16.5. The Balaban J connectivity index is 3.90. The van der Waals surface area contributed by atoms with E-state index in [1.165, 1.54) is 0 Å². The fraction of sp³-hybridized carbons (Fsp3) is 0.909. The monoisotopic (exact) mass is 216 g/mol. The molecule has 0 spiro atoms. The van der Waals surface area contributed by atoms with Gasteiger partial charge >= 0.3 is 0 Å². The maximum absolute atomic E-state index is 11.4. The third kappa shape index (κ3) is 6.47. The highest BCUT2D eigenvalue weighted by molar-refractivity contribution is 5.77. The van der Waals surface area contributed by atoms with Crippen LogP contribution in [0.4, 0.5) is 0 Å². The third-order valence-electron chi connectivity index (χ3n) is 2.45. The lowest BCUT2D eigenvalue weighted by molar-refractivity contribution is -0.127. The maximum Gasteiger partial charge on any atom is 0.236 e. The Labute approximate surface area is 93.0 Å². The van der Waals surface area contributed by atoms with Crippen molar-refractivity contribution < 1.29 is 9.53 Å². The summed E-state index contributed by atoms with van der Waals surface area (Å²) in [6.45, 7) is 5.42. The molecular formula is C11H24N2O2. The molecule has 0 heterocycles. The molecule has 4 heteroatoms. The van der Waals surface area contributed by atoms with Gasteiger partial charge in [-0.05, 0) is 12.3 Å². The van der Waals surface area contributed by atoms with E-state index in [1.807, 2.05) is 0 Å². The minimum atomic E-state index is 0.109. The first-order valence-corrected chi connectivity index (χ1v) is 5.41. The molecule has 0 aromatic rings. The van der Waals surface area contributed by atoms with Crippen molar-refractivity contribution in [2.75, 3.05) is 34.4 Å². The zero-order chi connectivity index (χ0) is 11.8. The summed E-state index contributed by atoms with van der Waals surface area (Å²) < 4.78 is 5.04. The van der Waals surface area contributed by atoms with Crippen molar-refractivity contribution in [3.05, 3.63) is 0 Å². The second kappa shape index (κ2) is 7.65. The van der Waals surface area contributed by atoms with Gasteiger partial charge in [0.1, 0.15) is 0 Å². The molecule has 0 aliphatic carbocycles. The molecule has 0 saturated carbocycles. The highest BCUT2D eigenvalue weighted by Gasteiger charge is 2.14. The average molecular weight is 216 g/mol. The Morgan fingerprint density at radius 3 is 2.40 bits per heavy atom. The van der Waals surface area contributed by atoms with E-state index in [4.69, 9.17) is 4.74 Å². The fourth-order valence-corrected chi connectivity index (χ4v) is 1.29. The number of amides is 1. The van der Waals surface area contributed by atoms with E-state index in [0.717, 1.165) is 13.0 Å². The number of rotatable bonds is 7. The van der Waals surface area contributed by atoms with Gasteiger partial charge in [-0.1, -0.05) is 13.8 Å². The van der Waals surface area contributed by atoms with Crippen LogP contribution < -0.4 is 5.32 Å². The minimum Gasteiger partial charge on any atom is -0.385 e. The van der Waals surface area contributed by atoms with Crippen LogP contribution in [0.1, 0.15) is 20.3 Å². The van der Waals surface area contributed by atoms with E-state index in [1.54, 1.807) is 26.1 Å². The Hall–Kier alpha value is -0.610. The molecule has 4 nitrogen and oxygen atoms in total. The number of methoxy groups -OCH3 is 1. The van der Waals surface area contributed by atoms with E-state index in [0.29, 0.717) is 18.5 Å². The molecule has 0 fully saturated rings. The van der Waals surface area contributed by atoms with Crippen molar-refractivity contribution in [2.24, 2.45) is 5.92 Å². The minimum absolute atomic E-state index is 0.109. The molecule has 1 unspecified atom stereocenters. The van der Waals surface area contributed by atoms with Gasteiger partial charge in [0.2, 0.25) is 5.91 Å². The Morgan fingerprint density at radius 2 is 2.00 bits per heavy atom. The molecule has 1 N–H and O–H groups in total. The van der Waals surface area contributed by atoms with Gasteiger partial charge in [0.25, 0.3) is 0 Å². The van der Waals surface area contributed by atoms with Crippen LogP contribution in [-0.4, -0.2) is 51.2 Å². The SMILES string of the molecule is COCCC(NCC(=O)N(C)C)C(C)C. The molecule has 1 atom stereocenters. The van der Waals surface area contributed by atoms with Gasteiger partial charge in [0, 0.05) is 33.9 Å². The first-order valence-electron chi connectivity index (χ1n) is 5.41. The van der Waals surface area contributed by atoms with Crippen LogP contribution in [0.25, 0.3) is 0 Å². The van der Waals surface area contributed by atoms with E-state index < -0.39 is 0 Å². The second-order valence-electron chi connectivity index (χ2n) is 4.30. The van der Waals surface area contributed by atoms with E-state index in [2.05, 4.69) is 19.2 Å². The standard InChI is InChI=1S/C11H24N2O2/c1-9(2)10(6-7-15-5)12-8-11(14)13(3)4/h9-10,12H,6-8H2,1-5H3. The van der Waals surface area contributed by atoms with Gasteiger partial charge in [-0.25, -0.2) is 0 Å². The van der Waals surface area contributed by atoms with Crippen molar-refractivity contribution in [3.63, 3.8) is 0 Å². The summed E-state index contributed by atoms with van der Waals surface area (Å²) in [4.78, 5) is 13.0. The number of carbonyl (C=O) groups excluding carboxylic acids is 1. The summed E-state index contributed by atoms with van der Waals surface area (Å²) in [6.07, 6.45) is 0.939. The number of nitrogens with one attached hydrogen (secondary N) is 1. The number of nitrogens with zero attached hydrogens (tertiary/aromatic N) is 1. The van der Waals surface area contributed by atoms with Crippen LogP contribution in [0.15, 0.2) is 0 Å². The van der Waals surface area contributed by atoms with E-state index in [9.17, 15) is 4.79 Å². The molecule has 0 bridgehead atoms. The van der Waals surface area contributed by atoms with Crippen LogP contribution in [0.3, 0.4) is 0 Å². The first kappa shape index (κ1) is 14.4. The van der Waals surface area contributed by atoms with Crippen molar-refractivity contribution in [1.29, 1.82) is 0 Å². The lowest BCUT2D eigenvalue weighted by Gasteiger charge is -2.22. The van der Waals surface area contributed by atoms with Gasteiger partial charge in [-0.3, -0.25) is 4.79 Å². The second-order valence-corrected chi connectivity index (χ2v) is 4.30. The van der Waals surface area contributed by atoms with Gasteiger partial charge in [0.15, 0.2) is 0 Å². The largest absolute Gasteiger partial charge is 0.385 e. The topological polar surface area (TPSA) is 41.6 Å². The normalized spacial score (nSPS) is 12.9. The zero-order valence-corrected chi connectivity index (χ0v) is 10.5. The third-order valence-corrected chi connectivity index (χ3v) is 2.45. The number of carbonyl (C=O) groups is 1. The molecule has 0 aliphatic heterocycles. The predicted octanol–water partition coefficient (Wildman–Crippen LogP) is 0.725. The molecular weight excluding hydrogens is 192 g/mol. The summed E-state index contributed by atoms with van der Waals surface area (Å²) in [7, 11) is 5.23.